The number of ether oxygens (including phenoxy) is 1. The van der Waals surface area contributed by atoms with Crippen LogP contribution in [0.5, 0.6) is 5.75 Å². The first kappa shape index (κ1) is 8.05. The van der Waals surface area contributed by atoms with Crippen LogP contribution in [0.15, 0.2) is 30.3 Å². The summed E-state index contributed by atoms with van der Waals surface area (Å²) in [4.78, 5) is 0. The molecule has 0 saturated carbocycles. The molecule has 0 aliphatic carbocycles. The van der Waals surface area contributed by atoms with Gasteiger partial charge in [-0.15, -0.1) is 0 Å². The predicted molar refractivity (Wildman–Crippen MR) is 49.3 cm³/mol. The fourth-order valence-electron chi connectivity index (χ4n) is 1.25. The molecule has 2 aromatic carbocycles. The Labute approximate surface area is 75.8 Å². The molecule has 65 valence electrons. The van der Waals surface area contributed by atoms with Crippen molar-refractivity contribution < 1.29 is 9.13 Å². The number of benzene rings is 2. The number of methoxy groups -OCH3 is 1. The average molecular weight is 175 g/mol. The number of hydrogen-bond acceptors (Lipinski definition) is 1. The van der Waals surface area contributed by atoms with Crippen molar-refractivity contribution >= 4 is 10.8 Å². The van der Waals surface area contributed by atoms with Crippen molar-refractivity contribution in [3.8, 4) is 5.75 Å². The maximum atomic E-state index is 12.8. The summed E-state index contributed by atoms with van der Waals surface area (Å²) >= 11 is 0. The molecular formula is C11H8FO. The van der Waals surface area contributed by atoms with Crippen molar-refractivity contribution in [1.82, 2.24) is 0 Å². The first-order chi connectivity index (χ1) is 6.29. The molecule has 1 radical (unpaired) electrons. The van der Waals surface area contributed by atoms with Gasteiger partial charge in [0, 0.05) is 6.07 Å². The van der Waals surface area contributed by atoms with E-state index in [1.165, 1.54) is 12.1 Å². The van der Waals surface area contributed by atoms with Crippen molar-refractivity contribution in [1.29, 1.82) is 0 Å². The topological polar surface area (TPSA) is 9.23 Å². The highest BCUT2D eigenvalue weighted by Crippen LogP contribution is 2.20. The van der Waals surface area contributed by atoms with E-state index in [1.54, 1.807) is 25.3 Å². The quantitative estimate of drug-likeness (QED) is 0.647. The molecule has 0 aliphatic heterocycles. The molecule has 0 unspecified atom stereocenters. The number of halogens is 1. The van der Waals surface area contributed by atoms with E-state index in [0.717, 1.165) is 10.8 Å². The Bertz CT molecular complexity index is 437. The zero-order valence-electron chi connectivity index (χ0n) is 7.17. The second-order valence-corrected chi connectivity index (χ2v) is 2.77. The third-order valence-electron chi connectivity index (χ3n) is 1.93. The molecule has 0 bridgehead atoms. The van der Waals surface area contributed by atoms with Gasteiger partial charge in [-0.3, -0.25) is 0 Å². The van der Waals surface area contributed by atoms with E-state index < -0.39 is 0 Å². The summed E-state index contributed by atoms with van der Waals surface area (Å²) in [5, 5.41) is 1.79. The fourth-order valence-corrected chi connectivity index (χ4v) is 1.25. The number of hydrogen-bond donors (Lipinski definition) is 0. The Hall–Kier alpha value is -1.57. The molecule has 13 heavy (non-hydrogen) atoms. The van der Waals surface area contributed by atoms with Gasteiger partial charge in [-0.05, 0) is 35.0 Å². The molecule has 0 aromatic heterocycles. The van der Waals surface area contributed by atoms with E-state index in [1.807, 2.05) is 0 Å². The molecule has 0 amide bonds. The Morgan fingerprint density at radius 1 is 1.23 bits per heavy atom. The first-order valence-corrected chi connectivity index (χ1v) is 3.94. The average Bonchev–Trinajstić information content (AvgIpc) is 2.16. The van der Waals surface area contributed by atoms with Crippen LogP contribution < -0.4 is 4.74 Å². The lowest BCUT2D eigenvalue weighted by molar-refractivity contribution is 0.414. The van der Waals surface area contributed by atoms with Crippen LogP contribution in [0.4, 0.5) is 4.39 Å². The van der Waals surface area contributed by atoms with Gasteiger partial charge in [0.15, 0.2) is 0 Å². The highest BCUT2D eigenvalue weighted by Gasteiger charge is 1.97. The van der Waals surface area contributed by atoms with Gasteiger partial charge >= 0.3 is 0 Å². The monoisotopic (exact) mass is 175 g/mol. The largest absolute Gasteiger partial charge is 0.496 e. The smallest absolute Gasteiger partial charge is 0.127 e. The van der Waals surface area contributed by atoms with E-state index >= 15 is 0 Å². The van der Waals surface area contributed by atoms with E-state index in [2.05, 4.69) is 6.07 Å². The molecule has 0 heterocycles. The second kappa shape index (κ2) is 3.05. The van der Waals surface area contributed by atoms with Crippen LogP contribution in [0, 0.1) is 11.9 Å². The lowest BCUT2D eigenvalue weighted by Gasteiger charge is -2.01. The zero-order chi connectivity index (χ0) is 9.26. The third kappa shape index (κ3) is 1.47. The van der Waals surface area contributed by atoms with Crippen LogP contribution >= 0.6 is 0 Å². The third-order valence-corrected chi connectivity index (χ3v) is 1.93. The number of fused-ring (bicyclic) bond motifs is 1. The van der Waals surface area contributed by atoms with Crippen LogP contribution in [0.25, 0.3) is 10.8 Å². The summed E-state index contributed by atoms with van der Waals surface area (Å²) in [7, 11) is 1.57. The molecular weight excluding hydrogens is 167 g/mol. The molecule has 0 spiro atoms. The summed E-state index contributed by atoms with van der Waals surface area (Å²) in [5.74, 6) is 0.388. The van der Waals surface area contributed by atoms with Gasteiger partial charge in [-0.1, -0.05) is 6.07 Å². The summed E-state index contributed by atoms with van der Waals surface area (Å²) < 4.78 is 17.8. The molecule has 1 nitrogen and oxygen atoms in total. The van der Waals surface area contributed by atoms with E-state index in [-0.39, 0.29) is 5.82 Å². The van der Waals surface area contributed by atoms with Crippen LogP contribution in [-0.2, 0) is 0 Å². The zero-order valence-corrected chi connectivity index (χ0v) is 7.17. The Morgan fingerprint density at radius 3 is 2.85 bits per heavy atom. The van der Waals surface area contributed by atoms with Crippen molar-refractivity contribution in [2.24, 2.45) is 0 Å². The minimum Gasteiger partial charge on any atom is -0.496 e. The maximum absolute atomic E-state index is 12.8. The molecule has 2 aromatic rings. The van der Waals surface area contributed by atoms with Crippen molar-refractivity contribution in [3.63, 3.8) is 0 Å². The van der Waals surface area contributed by atoms with Gasteiger partial charge in [-0.25, -0.2) is 4.39 Å². The fraction of sp³-hybridized carbons (Fsp3) is 0.0909. The lowest BCUT2D eigenvalue weighted by Crippen LogP contribution is -1.83. The Kier molecular flexibility index (Phi) is 1.89. The van der Waals surface area contributed by atoms with E-state index in [4.69, 9.17) is 4.74 Å². The molecule has 0 N–H and O–H groups in total. The van der Waals surface area contributed by atoms with Crippen LogP contribution in [0.1, 0.15) is 0 Å². The molecule has 0 atom stereocenters. The van der Waals surface area contributed by atoms with E-state index in [9.17, 15) is 4.39 Å². The van der Waals surface area contributed by atoms with Gasteiger partial charge < -0.3 is 4.74 Å². The minimum atomic E-state index is -0.235. The normalized spacial score (nSPS) is 10.3. The molecule has 2 heteroatoms. The number of rotatable bonds is 1. The van der Waals surface area contributed by atoms with Gasteiger partial charge in [0.1, 0.15) is 11.6 Å². The molecule has 2 rings (SSSR count). The molecule has 0 aliphatic rings. The van der Waals surface area contributed by atoms with Crippen LogP contribution in [0.3, 0.4) is 0 Å². The van der Waals surface area contributed by atoms with Crippen LogP contribution in [0.2, 0.25) is 0 Å². The lowest BCUT2D eigenvalue weighted by atomic mass is 10.1. The second-order valence-electron chi connectivity index (χ2n) is 2.77. The predicted octanol–water partition coefficient (Wildman–Crippen LogP) is 2.79. The van der Waals surface area contributed by atoms with E-state index in [0.29, 0.717) is 5.75 Å². The summed E-state index contributed by atoms with van der Waals surface area (Å²) in [6.07, 6.45) is 0. The summed E-state index contributed by atoms with van der Waals surface area (Å²) in [5.41, 5.74) is 0. The van der Waals surface area contributed by atoms with Crippen molar-refractivity contribution in [2.45, 2.75) is 0 Å². The first-order valence-electron chi connectivity index (χ1n) is 3.94. The van der Waals surface area contributed by atoms with Gasteiger partial charge in [0.25, 0.3) is 0 Å². The standard InChI is InChI=1S/C11H8FO/c1-13-11-5-3-8-2-4-10(12)6-9(8)7-11/h2-4,6-7H,1H3. The Morgan fingerprint density at radius 2 is 2.08 bits per heavy atom. The van der Waals surface area contributed by atoms with Gasteiger partial charge in [-0.2, -0.15) is 0 Å². The molecule has 0 fully saturated rings. The van der Waals surface area contributed by atoms with Crippen molar-refractivity contribution in [3.05, 3.63) is 42.2 Å². The Balaban J connectivity index is 2.68. The molecule has 0 saturated heterocycles. The van der Waals surface area contributed by atoms with Gasteiger partial charge in [0.2, 0.25) is 0 Å². The highest BCUT2D eigenvalue weighted by molar-refractivity contribution is 5.83. The van der Waals surface area contributed by atoms with Gasteiger partial charge in [0.05, 0.1) is 7.11 Å². The van der Waals surface area contributed by atoms with Crippen molar-refractivity contribution in [2.75, 3.05) is 7.11 Å². The summed E-state index contributed by atoms with van der Waals surface area (Å²) in [6.45, 7) is 0. The minimum absolute atomic E-state index is 0.235. The summed E-state index contributed by atoms with van der Waals surface area (Å²) in [6, 6.07) is 11.1. The highest BCUT2D eigenvalue weighted by atomic mass is 19.1. The SMILES string of the molecule is COc1[c]cc2ccc(F)cc2c1. The maximum Gasteiger partial charge on any atom is 0.127 e. The van der Waals surface area contributed by atoms with Crippen LogP contribution in [-0.4, -0.2) is 7.11 Å².